The van der Waals surface area contributed by atoms with Crippen molar-refractivity contribution in [1.82, 2.24) is 30.3 Å². The van der Waals surface area contributed by atoms with Crippen molar-refractivity contribution in [3.63, 3.8) is 0 Å². The monoisotopic (exact) mass is 221 g/mol. The lowest BCUT2D eigenvalue weighted by atomic mass is 10.4. The van der Waals surface area contributed by atoms with Crippen molar-refractivity contribution < 1.29 is 4.79 Å². The second-order valence-corrected chi connectivity index (χ2v) is 3.09. The molecule has 8 nitrogen and oxygen atoms in total. The molecule has 0 spiro atoms. The van der Waals surface area contributed by atoms with Crippen LogP contribution >= 0.6 is 0 Å². The van der Waals surface area contributed by atoms with Gasteiger partial charge in [-0.2, -0.15) is 4.52 Å². The number of hydrogen-bond donors (Lipinski definition) is 2. The Hall–Kier alpha value is -2.25. The van der Waals surface area contributed by atoms with Gasteiger partial charge in [0, 0.05) is 20.0 Å². The fourth-order valence-corrected chi connectivity index (χ4v) is 1.22. The molecule has 0 radical (unpaired) electrons. The second-order valence-electron chi connectivity index (χ2n) is 3.09. The number of hydrogen-bond acceptors (Lipinski definition) is 6. The van der Waals surface area contributed by atoms with E-state index < -0.39 is 0 Å². The van der Waals surface area contributed by atoms with Crippen LogP contribution < -0.4 is 10.6 Å². The summed E-state index contributed by atoms with van der Waals surface area (Å²) in [6, 6.07) is 0. The van der Waals surface area contributed by atoms with Crippen LogP contribution in [0.5, 0.6) is 0 Å². The second kappa shape index (κ2) is 4.51. The minimum atomic E-state index is -0.0238. The van der Waals surface area contributed by atoms with Gasteiger partial charge in [-0.15, -0.1) is 5.10 Å². The number of anilines is 1. The zero-order valence-electron chi connectivity index (χ0n) is 8.71. The Balaban J connectivity index is 2.04. The SMILES string of the molecule is CNC(=O)CCNc1cncc2nnnn12. The average Bonchev–Trinajstić information content (AvgIpc) is 2.77. The van der Waals surface area contributed by atoms with Crippen LogP contribution in [0.25, 0.3) is 5.65 Å². The molecule has 0 unspecified atom stereocenters. The highest BCUT2D eigenvalue weighted by atomic mass is 16.1. The molecule has 0 saturated heterocycles. The summed E-state index contributed by atoms with van der Waals surface area (Å²) in [6.07, 6.45) is 3.55. The predicted octanol–water partition coefficient (Wildman–Crippen LogP) is -0.933. The van der Waals surface area contributed by atoms with E-state index in [-0.39, 0.29) is 5.91 Å². The Morgan fingerprint density at radius 2 is 2.38 bits per heavy atom. The summed E-state index contributed by atoms with van der Waals surface area (Å²) in [6.45, 7) is 0.500. The van der Waals surface area contributed by atoms with Gasteiger partial charge in [0.1, 0.15) is 5.82 Å². The molecule has 8 heteroatoms. The summed E-state index contributed by atoms with van der Waals surface area (Å²) >= 11 is 0. The summed E-state index contributed by atoms with van der Waals surface area (Å²) in [5.74, 6) is 0.635. The standard InChI is InChI=1S/C8H11N7O/c1-9-8(16)2-3-11-6-4-10-5-7-12-13-14-15(6)7/h4-5,11H,2-3H2,1H3,(H,9,16). The van der Waals surface area contributed by atoms with Gasteiger partial charge in [-0.1, -0.05) is 0 Å². The van der Waals surface area contributed by atoms with E-state index in [4.69, 9.17) is 0 Å². The minimum Gasteiger partial charge on any atom is -0.368 e. The van der Waals surface area contributed by atoms with E-state index in [1.165, 1.54) is 4.52 Å². The van der Waals surface area contributed by atoms with E-state index in [1.54, 1.807) is 19.4 Å². The molecule has 2 rings (SSSR count). The first-order chi connectivity index (χ1) is 7.81. The largest absolute Gasteiger partial charge is 0.368 e. The normalized spacial score (nSPS) is 10.3. The van der Waals surface area contributed by atoms with E-state index in [1.807, 2.05) is 0 Å². The van der Waals surface area contributed by atoms with Gasteiger partial charge < -0.3 is 10.6 Å². The zero-order valence-corrected chi connectivity index (χ0v) is 8.71. The Morgan fingerprint density at radius 3 is 3.19 bits per heavy atom. The van der Waals surface area contributed by atoms with Crippen LogP contribution in [0.4, 0.5) is 5.82 Å². The fraction of sp³-hybridized carbons (Fsp3) is 0.375. The van der Waals surface area contributed by atoms with Crippen molar-refractivity contribution in [1.29, 1.82) is 0 Å². The molecule has 2 N–H and O–H groups in total. The van der Waals surface area contributed by atoms with Crippen LogP contribution in [0.15, 0.2) is 12.4 Å². The van der Waals surface area contributed by atoms with Crippen LogP contribution in [-0.4, -0.2) is 44.5 Å². The molecule has 2 heterocycles. The molecule has 1 amide bonds. The number of tetrazole rings is 1. The highest BCUT2D eigenvalue weighted by molar-refractivity contribution is 5.76. The van der Waals surface area contributed by atoms with Gasteiger partial charge >= 0.3 is 0 Å². The van der Waals surface area contributed by atoms with Gasteiger partial charge in [-0.05, 0) is 10.4 Å². The quantitative estimate of drug-likeness (QED) is 0.692. The van der Waals surface area contributed by atoms with Crippen molar-refractivity contribution in [3.8, 4) is 0 Å². The predicted molar refractivity (Wildman–Crippen MR) is 55.8 cm³/mol. The Morgan fingerprint density at radius 1 is 1.50 bits per heavy atom. The molecule has 0 aromatic carbocycles. The summed E-state index contributed by atoms with van der Waals surface area (Å²) in [7, 11) is 1.60. The van der Waals surface area contributed by atoms with E-state index in [0.717, 1.165) is 0 Å². The molecular weight excluding hydrogens is 210 g/mol. The van der Waals surface area contributed by atoms with Gasteiger partial charge in [0.15, 0.2) is 5.65 Å². The van der Waals surface area contributed by atoms with Gasteiger partial charge in [-0.25, -0.2) is 0 Å². The lowest BCUT2D eigenvalue weighted by molar-refractivity contribution is -0.120. The number of rotatable bonds is 4. The van der Waals surface area contributed by atoms with Crippen LogP contribution in [-0.2, 0) is 4.79 Å². The maximum atomic E-state index is 11.0. The number of fused-ring (bicyclic) bond motifs is 1. The molecule has 0 aliphatic rings. The summed E-state index contributed by atoms with van der Waals surface area (Å²) in [4.78, 5) is 15.0. The van der Waals surface area contributed by atoms with E-state index in [9.17, 15) is 4.79 Å². The number of carbonyl (C=O) groups excluding carboxylic acids is 1. The molecular formula is C8H11N7O. The number of carbonyl (C=O) groups is 1. The first-order valence-corrected chi connectivity index (χ1v) is 4.78. The van der Waals surface area contributed by atoms with Crippen molar-refractivity contribution >= 4 is 17.4 Å². The van der Waals surface area contributed by atoms with Crippen LogP contribution in [0.1, 0.15) is 6.42 Å². The van der Waals surface area contributed by atoms with E-state index in [2.05, 4.69) is 31.1 Å². The average molecular weight is 221 g/mol. The molecule has 2 aromatic heterocycles. The first-order valence-electron chi connectivity index (χ1n) is 4.78. The first kappa shape index (κ1) is 10.3. The summed E-state index contributed by atoms with van der Waals surface area (Å²) in [5, 5.41) is 16.7. The zero-order chi connectivity index (χ0) is 11.4. The lowest BCUT2D eigenvalue weighted by Gasteiger charge is -2.05. The van der Waals surface area contributed by atoms with Crippen LogP contribution in [0, 0.1) is 0 Å². The third-order valence-corrected chi connectivity index (χ3v) is 2.05. The number of nitrogens with zero attached hydrogens (tertiary/aromatic N) is 5. The maximum Gasteiger partial charge on any atom is 0.221 e. The number of aromatic nitrogens is 5. The molecule has 0 atom stereocenters. The Kier molecular flexibility index (Phi) is 2.90. The van der Waals surface area contributed by atoms with E-state index in [0.29, 0.717) is 24.4 Å². The molecule has 0 aliphatic carbocycles. The molecule has 16 heavy (non-hydrogen) atoms. The third-order valence-electron chi connectivity index (χ3n) is 2.05. The van der Waals surface area contributed by atoms with Crippen LogP contribution in [0.2, 0.25) is 0 Å². The maximum absolute atomic E-state index is 11.0. The lowest BCUT2D eigenvalue weighted by Crippen LogP contribution is -2.21. The summed E-state index contributed by atoms with van der Waals surface area (Å²) < 4.78 is 1.52. The Bertz CT molecular complexity index is 494. The highest BCUT2D eigenvalue weighted by Crippen LogP contribution is 2.05. The minimum absolute atomic E-state index is 0.0238. The molecule has 2 aromatic rings. The smallest absolute Gasteiger partial charge is 0.221 e. The summed E-state index contributed by atoms with van der Waals surface area (Å²) in [5.41, 5.74) is 0.560. The number of nitrogens with one attached hydrogen (secondary N) is 2. The van der Waals surface area contributed by atoms with Crippen molar-refractivity contribution in [2.75, 3.05) is 18.9 Å². The van der Waals surface area contributed by atoms with Gasteiger partial charge in [0.2, 0.25) is 5.91 Å². The third kappa shape index (κ3) is 2.05. The Labute approximate surface area is 91.1 Å². The highest BCUT2D eigenvalue weighted by Gasteiger charge is 2.03. The fourth-order valence-electron chi connectivity index (χ4n) is 1.22. The van der Waals surface area contributed by atoms with Crippen LogP contribution in [0.3, 0.4) is 0 Å². The molecule has 0 fully saturated rings. The number of amides is 1. The molecule has 0 aliphatic heterocycles. The van der Waals surface area contributed by atoms with Gasteiger partial charge in [0.25, 0.3) is 0 Å². The van der Waals surface area contributed by atoms with Gasteiger partial charge in [0.05, 0.1) is 12.4 Å². The topological polar surface area (TPSA) is 97.1 Å². The van der Waals surface area contributed by atoms with Crippen molar-refractivity contribution in [2.45, 2.75) is 6.42 Å². The van der Waals surface area contributed by atoms with Gasteiger partial charge in [-0.3, -0.25) is 9.78 Å². The van der Waals surface area contributed by atoms with Crippen molar-refractivity contribution in [3.05, 3.63) is 12.4 Å². The molecule has 0 bridgehead atoms. The molecule has 0 saturated carbocycles. The molecule has 84 valence electrons. The van der Waals surface area contributed by atoms with Crippen molar-refractivity contribution in [2.24, 2.45) is 0 Å². The van der Waals surface area contributed by atoms with E-state index >= 15 is 0 Å².